The van der Waals surface area contributed by atoms with Gasteiger partial charge in [-0.25, -0.2) is 9.78 Å². The summed E-state index contributed by atoms with van der Waals surface area (Å²) in [7, 11) is 0. The van der Waals surface area contributed by atoms with Crippen LogP contribution in [0.5, 0.6) is 0 Å². The molecule has 0 atom stereocenters. The number of anilines is 4. The second kappa shape index (κ2) is 7.20. The van der Waals surface area contributed by atoms with Gasteiger partial charge in [0.05, 0.1) is 34.3 Å². The molecule has 0 radical (unpaired) electrons. The summed E-state index contributed by atoms with van der Waals surface area (Å²) in [6.07, 6.45) is 3.34. The molecule has 0 saturated heterocycles. The Morgan fingerprint density at radius 2 is 2.00 bits per heavy atom. The van der Waals surface area contributed by atoms with Gasteiger partial charge in [0.1, 0.15) is 5.02 Å². The van der Waals surface area contributed by atoms with Gasteiger partial charge < -0.3 is 10.2 Å². The Kier molecular flexibility index (Phi) is 4.36. The molecule has 148 valence electrons. The van der Waals surface area contributed by atoms with E-state index in [2.05, 4.69) is 35.5 Å². The van der Waals surface area contributed by atoms with Gasteiger partial charge in [-0.2, -0.15) is 20.1 Å². The number of nitrogens with one attached hydrogen (secondary N) is 2. The molecule has 5 rings (SSSR count). The number of hydrogen-bond donors (Lipinski definition) is 2. The van der Waals surface area contributed by atoms with E-state index in [0.717, 1.165) is 16.6 Å². The Morgan fingerprint density at radius 3 is 2.87 bits per heavy atom. The van der Waals surface area contributed by atoms with Crippen molar-refractivity contribution in [3.8, 4) is 0 Å². The summed E-state index contributed by atoms with van der Waals surface area (Å²) in [4.78, 5) is 30.0. The molecule has 9 nitrogen and oxygen atoms in total. The topological polar surface area (TPSA) is 112 Å². The number of carbonyl (C=O) groups is 1. The summed E-state index contributed by atoms with van der Waals surface area (Å²) < 4.78 is 0. The van der Waals surface area contributed by atoms with Gasteiger partial charge in [0, 0.05) is 17.6 Å². The predicted molar refractivity (Wildman–Crippen MR) is 113 cm³/mol. The smallest absolute Gasteiger partial charge is 0.325 e. The first kappa shape index (κ1) is 18.2. The van der Waals surface area contributed by atoms with E-state index in [9.17, 15) is 4.79 Å². The summed E-state index contributed by atoms with van der Waals surface area (Å²) in [6.45, 7) is 2.66. The highest BCUT2D eigenvalue weighted by molar-refractivity contribution is 6.33. The number of aromatic nitrogens is 4. The van der Waals surface area contributed by atoms with Crippen molar-refractivity contribution in [1.29, 1.82) is 0 Å². The maximum atomic E-state index is 11.4. The maximum Gasteiger partial charge on any atom is 0.368 e. The largest absolute Gasteiger partial charge is 0.368 e. The number of rotatable bonds is 5. The van der Waals surface area contributed by atoms with Crippen LogP contribution in [0.2, 0.25) is 5.02 Å². The lowest BCUT2D eigenvalue weighted by atomic mass is 10.2. The number of nitrogens with zero attached hydrogens (tertiary/aromatic N) is 6. The van der Waals surface area contributed by atoms with Crippen LogP contribution in [0.1, 0.15) is 6.92 Å². The lowest BCUT2D eigenvalue weighted by molar-refractivity contribution is 0.256. The molecular weight excluding hydrogens is 404 g/mol. The first-order valence-electron chi connectivity index (χ1n) is 9.23. The summed E-state index contributed by atoms with van der Waals surface area (Å²) in [6, 6.07) is 10.6. The third kappa shape index (κ3) is 3.15. The average Bonchev–Trinajstić information content (AvgIpc) is 3.36. The minimum atomic E-state index is -0.501. The van der Waals surface area contributed by atoms with Crippen LogP contribution in [-0.4, -0.2) is 32.7 Å². The van der Waals surface area contributed by atoms with Crippen LogP contribution < -0.4 is 20.9 Å². The Morgan fingerprint density at radius 1 is 1.13 bits per heavy atom. The monoisotopic (exact) mass is 418 g/mol. The van der Waals surface area contributed by atoms with Crippen molar-refractivity contribution in [2.75, 3.05) is 16.8 Å². The van der Waals surface area contributed by atoms with Gasteiger partial charge in [0.2, 0.25) is 5.95 Å². The molecule has 0 aliphatic carbocycles. The van der Waals surface area contributed by atoms with Gasteiger partial charge in [-0.05, 0) is 37.3 Å². The normalized spacial score (nSPS) is 12.4. The van der Waals surface area contributed by atoms with Crippen LogP contribution in [0.25, 0.3) is 10.9 Å². The van der Waals surface area contributed by atoms with Crippen molar-refractivity contribution in [1.82, 2.24) is 20.2 Å². The van der Waals surface area contributed by atoms with Crippen molar-refractivity contribution in [2.24, 2.45) is 9.98 Å². The molecule has 10 heteroatoms. The second-order valence-electron chi connectivity index (χ2n) is 6.55. The van der Waals surface area contributed by atoms with Gasteiger partial charge in [-0.3, -0.25) is 5.10 Å². The first-order valence-corrected chi connectivity index (χ1v) is 9.61. The molecule has 0 bridgehead atoms. The molecular formula is C20H15ClN8O. The molecule has 0 spiro atoms. The van der Waals surface area contributed by atoms with Gasteiger partial charge >= 0.3 is 6.03 Å². The number of hydrogen-bond acceptors (Lipinski definition) is 6. The van der Waals surface area contributed by atoms with Crippen molar-refractivity contribution in [2.45, 2.75) is 6.92 Å². The van der Waals surface area contributed by atoms with E-state index < -0.39 is 6.03 Å². The van der Waals surface area contributed by atoms with E-state index in [4.69, 9.17) is 11.6 Å². The molecule has 2 amide bonds. The number of carbonyl (C=O) groups excluding carboxylic acids is 1. The molecule has 1 aliphatic heterocycles. The lowest BCUT2D eigenvalue weighted by Gasteiger charge is -2.24. The van der Waals surface area contributed by atoms with Crippen molar-refractivity contribution in [3.05, 3.63) is 64.5 Å². The number of aromatic amines is 1. The van der Waals surface area contributed by atoms with Gasteiger partial charge in [-0.15, -0.1) is 0 Å². The van der Waals surface area contributed by atoms with E-state index in [1.807, 2.05) is 30.0 Å². The fourth-order valence-corrected chi connectivity index (χ4v) is 3.57. The van der Waals surface area contributed by atoms with Crippen LogP contribution in [0.4, 0.5) is 27.9 Å². The zero-order valence-corrected chi connectivity index (χ0v) is 16.6. The van der Waals surface area contributed by atoms with E-state index in [1.54, 1.807) is 30.6 Å². The number of amides is 2. The molecule has 0 fully saturated rings. The van der Waals surface area contributed by atoms with Crippen LogP contribution in [0, 0.1) is 0 Å². The summed E-state index contributed by atoms with van der Waals surface area (Å²) in [5, 5.41) is 12.7. The third-order valence-corrected chi connectivity index (χ3v) is 4.98. The Bertz CT molecular complexity index is 1410. The average molecular weight is 419 g/mol. The highest BCUT2D eigenvalue weighted by Crippen LogP contribution is 2.34. The minimum absolute atomic E-state index is 0.369. The number of halogens is 1. The van der Waals surface area contributed by atoms with Crippen LogP contribution >= 0.6 is 11.6 Å². The van der Waals surface area contributed by atoms with Crippen molar-refractivity contribution < 1.29 is 4.79 Å². The fraction of sp³-hybridized carbons (Fsp3) is 0.100. The highest BCUT2D eigenvalue weighted by Gasteiger charge is 2.17. The lowest BCUT2D eigenvalue weighted by Crippen LogP contribution is -2.21. The molecule has 2 aromatic heterocycles. The molecule has 0 unspecified atom stereocenters. The molecule has 2 aromatic carbocycles. The van der Waals surface area contributed by atoms with E-state index in [-0.39, 0.29) is 0 Å². The van der Waals surface area contributed by atoms with Crippen molar-refractivity contribution in [3.63, 3.8) is 0 Å². The summed E-state index contributed by atoms with van der Waals surface area (Å²) in [5.74, 6) is 0.940. The minimum Gasteiger partial charge on any atom is -0.325 e. The Labute approximate surface area is 175 Å². The quantitative estimate of drug-likeness (QED) is 0.514. The zero-order chi connectivity index (χ0) is 20.7. The van der Waals surface area contributed by atoms with Gasteiger partial charge in [0.15, 0.2) is 5.82 Å². The molecule has 1 aliphatic rings. The molecule has 30 heavy (non-hydrogen) atoms. The molecule has 2 N–H and O–H groups in total. The van der Waals surface area contributed by atoms with Crippen LogP contribution in [-0.2, 0) is 0 Å². The SMILES string of the molecule is CCN(c1nc(Nc2ccc3c(c2)=NC(=O)N=3)ncc1Cl)c1cccc2[nH]ncc12. The molecule has 4 aromatic rings. The third-order valence-electron chi connectivity index (χ3n) is 4.71. The van der Waals surface area contributed by atoms with E-state index >= 15 is 0 Å². The van der Waals surface area contributed by atoms with E-state index in [1.165, 1.54) is 0 Å². The molecule has 3 heterocycles. The maximum absolute atomic E-state index is 11.4. The summed E-state index contributed by atoms with van der Waals surface area (Å²) in [5.41, 5.74) is 2.55. The predicted octanol–water partition coefficient (Wildman–Crippen LogP) is 3.28. The number of urea groups is 1. The zero-order valence-electron chi connectivity index (χ0n) is 15.8. The Balaban J connectivity index is 1.53. The van der Waals surface area contributed by atoms with Crippen LogP contribution in [0.3, 0.4) is 0 Å². The first-order chi connectivity index (χ1) is 14.6. The van der Waals surface area contributed by atoms with Gasteiger partial charge in [0.25, 0.3) is 0 Å². The van der Waals surface area contributed by atoms with E-state index in [0.29, 0.717) is 39.7 Å². The number of H-pyrrole nitrogens is 1. The summed E-state index contributed by atoms with van der Waals surface area (Å²) >= 11 is 6.46. The highest BCUT2D eigenvalue weighted by atomic mass is 35.5. The number of benzene rings is 2. The van der Waals surface area contributed by atoms with Gasteiger partial charge in [-0.1, -0.05) is 17.7 Å². The molecule has 0 saturated carbocycles. The van der Waals surface area contributed by atoms with Crippen molar-refractivity contribution >= 4 is 51.7 Å². The second-order valence-corrected chi connectivity index (χ2v) is 6.96. The fourth-order valence-electron chi connectivity index (χ4n) is 3.38. The van der Waals surface area contributed by atoms with Crippen LogP contribution in [0.15, 0.2) is 58.8 Å². The Hall–Kier alpha value is -3.85. The standard InChI is InChI=1S/C20H15ClN8O/c1-2-29(17-5-3-4-14-12(17)9-23-28-14)18-13(21)10-22-19(27-18)24-11-6-7-15-16(8-11)26-20(30)25-15/h3-10H,2H2,1H3,(H,23,28)(H,22,24,27). The number of fused-ring (bicyclic) bond motifs is 2.